The summed E-state index contributed by atoms with van der Waals surface area (Å²) < 4.78 is 5.74. The minimum atomic E-state index is 0.210. The molecule has 96 valence electrons. The quantitative estimate of drug-likeness (QED) is 0.734. The van der Waals surface area contributed by atoms with Crippen LogP contribution in [0, 0.1) is 6.92 Å². The van der Waals surface area contributed by atoms with Crippen LogP contribution in [0.25, 0.3) is 0 Å². The van der Waals surface area contributed by atoms with E-state index in [9.17, 15) is 0 Å². The number of aryl methyl sites for hydroxylation is 1. The predicted molar refractivity (Wildman–Crippen MR) is 72.2 cm³/mol. The fourth-order valence-electron chi connectivity index (χ4n) is 1.71. The van der Waals surface area contributed by atoms with Gasteiger partial charge in [0.25, 0.3) is 0 Å². The zero-order valence-electron chi connectivity index (χ0n) is 11.2. The van der Waals surface area contributed by atoms with Crippen molar-refractivity contribution in [3.63, 3.8) is 0 Å². The summed E-state index contributed by atoms with van der Waals surface area (Å²) in [5.74, 6) is 0.635. The Bertz CT molecular complexity index is 339. The maximum absolute atomic E-state index is 5.82. The first-order valence-electron chi connectivity index (χ1n) is 6.52. The Kier molecular flexibility index (Phi) is 5.81. The highest BCUT2D eigenvalue weighted by molar-refractivity contribution is 5.47. The standard InChI is InChI=1S/C14H24N2O/c1-4-5-6-7-8-12(3)17-14-9-13(15)11(2)10-16-14/h9-10,12H,4-8H2,1-3H3,(H2,15,16). The second kappa shape index (κ2) is 7.15. The Morgan fingerprint density at radius 2 is 2.12 bits per heavy atom. The average molecular weight is 236 g/mol. The zero-order valence-corrected chi connectivity index (χ0v) is 11.2. The molecule has 0 aliphatic carbocycles. The molecule has 2 N–H and O–H groups in total. The van der Waals surface area contributed by atoms with Crippen LogP contribution < -0.4 is 10.5 Å². The number of ether oxygens (including phenoxy) is 1. The van der Waals surface area contributed by atoms with Gasteiger partial charge in [-0.05, 0) is 32.3 Å². The van der Waals surface area contributed by atoms with Gasteiger partial charge in [0.1, 0.15) is 0 Å². The molecule has 1 rings (SSSR count). The fraction of sp³-hybridized carbons (Fsp3) is 0.643. The molecule has 0 radical (unpaired) electrons. The fourth-order valence-corrected chi connectivity index (χ4v) is 1.71. The number of unbranched alkanes of at least 4 members (excludes halogenated alkanes) is 3. The minimum absolute atomic E-state index is 0.210. The number of hydrogen-bond donors (Lipinski definition) is 1. The van der Waals surface area contributed by atoms with Gasteiger partial charge in [0.15, 0.2) is 0 Å². The molecular formula is C14H24N2O. The Morgan fingerprint density at radius 1 is 1.35 bits per heavy atom. The molecule has 0 saturated heterocycles. The number of nitrogen functional groups attached to an aromatic ring is 1. The van der Waals surface area contributed by atoms with Gasteiger partial charge < -0.3 is 10.5 Å². The van der Waals surface area contributed by atoms with Crippen molar-refractivity contribution in [2.75, 3.05) is 5.73 Å². The average Bonchev–Trinajstić information content (AvgIpc) is 2.30. The van der Waals surface area contributed by atoms with Gasteiger partial charge in [-0.3, -0.25) is 0 Å². The highest BCUT2D eigenvalue weighted by Crippen LogP contribution is 2.18. The van der Waals surface area contributed by atoms with Crippen LogP contribution in [-0.4, -0.2) is 11.1 Å². The minimum Gasteiger partial charge on any atom is -0.475 e. The van der Waals surface area contributed by atoms with E-state index >= 15 is 0 Å². The van der Waals surface area contributed by atoms with Crippen molar-refractivity contribution in [3.05, 3.63) is 17.8 Å². The van der Waals surface area contributed by atoms with Gasteiger partial charge in [0, 0.05) is 18.0 Å². The molecule has 0 fully saturated rings. The molecule has 1 atom stereocenters. The molecule has 1 heterocycles. The summed E-state index contributed by atoms with van der Waals surface area (Å²) in [6, 6.07) is 1.80. The van der Waals surface area contributed by atoms with E-state index in [1.807, 2.05) is 6.92 Å². The van der Waals surface area contributed by atoms with Crippen molar-refractivity contribution >= 4 is 5.69 Å². The van der Waals surface area contributed by atoms with Crippen LogP contribution in [0.2, 0.25) is 0 Å². The van der Waals surface area contributed by atoms with Crippen molar-refractivity contribution < 1.29 is 4.74 Å². The second-order valence-electron chi connectivity index (χ2n) is 4.66. The van der Waals surface area contributed by atoms with Crippen LogP contribution in [0.5, 0.6) is 5.88 Å². The normalized spacial score (nSPS) is 12.4. The molecule has 0 amide bonds. The van der Waals surface area contributed by atoms with Crippen LogP contribution in [-0.2, 0) is 0 Å². The number of nitrogens with zero attached hydrogens (tertiary/aromatic N) is 1. The summed E-state index contributed by atoms with van der Waals surface area (Å²) in [5, 5.41) is 0. The second-order valence-corrected chi connectivity index (χ2v) is 4.66. The molecule has 0 bridgehead atoms. The molecule has 0 aromatic carbocycles. The highest BCUT2D eigenvalue weighted by Gasteiger charge is 2.06. The van der Waals surface area contributed by atoms with Crippen LogP contribution in [0.4, 0.5) is 5.69 Å². The number of nitrogens with two attached hydrogens (primary N) is 1. The van der Waals surface area contributed by atoms with Gasteiger partial charge in [0.05, 0.1) is 6.10 Å². The molecule has 0 aliphatic rings. The Morgan fingerprint density at radius 3 is 2.76 bits per heavy atom. The molecular weight excluding hydrogens is 212 g/mol. The molecule has 1 aromatic rings. The number of aromatic nitrogens is 1. The maximum atomic E-state index is 5.82. The molecule has 3 heteroatoms. The zero-order chi connectivity index (χ0) is 12.7. The van der Waals surface area contributed by atoms with Crippen molar-refractivity contribution in [2.45, 2.75) is 59.0 Å². The first kappa shape index (κ1) is 13.8. The lowest BCUT2D eigenvalue weighted by atomic mass is 10.1. The van der Waals surface area contributed by atoms with Gasteiger partial charge in [-0.25, -0.2) is 4.98 Å². The monoisotopic (exact) mass is 236 g/mol. The van der Waals surface area contributed by atoms with E-state index in [1.54, 1.807) is 12.3 Å². The number of hydrogen-bond acceptors (Lipinski definition) is 3. The smallest absolute Gasteiger partial charge is 0.215 e. The summed E-state index contributed by atoms with van der Waals surface area (Å²) >= 11 is 0. The Balaban J connectivity index is 2.34. The van der Waals surface area contributed by atoms with E-state index in [0.29, 0.717) is 5.88 Å². The molecule has 3 nitrogen and oxygen atoms in total. The van der Waals surface area contributed by atoms with Crippen LogP contribution in [0.15, 0.2) is 12.3 Å². The molecule has 17 heavy (non-hydrogen) atoms. The van der Waals surface area contributed by atoms with Gasteiger partial charge >= 0.3 is 0 Å². The van der Waals surface area contributed by atoms with E-state index in [1.165, 1.54) is 25.7 Å². The Labute approximate surface area is 104 Å². The van der Waals surface area contributed by atoms with Crippen molar-refractivity contribution in [1.29, 1.82) is 0 Å². The SMILES string of the molecule is CCCCCCC(C)Oc1cc(N)c(C)cn1. The lowest BCUT2D eigenvalue weighted by molar-refractivity contribution is 0.198. The Hall–Kier alpha value is -1.25. The summed E-state index contributed by atoms with van der Waals surface area (Å²) in [6.07, 6.45) is 8.13. The predicted octanol–water partition coefficient (Wildman–Crippen LogP) is 3.71. The third-order valence-corrected chi connectivity index (χ3v) is 2.91. The van der Waals surface area contributed by atoms with Crippen molar-refractivity contribution in [2.24, 2.45) is 0 Å². The van der Waals surface area contributed by atoms with E-state index < -0.39 is 0 Å². The summed E-state index contributed by atoms with van der Waals surface area (Å²) in [7, 11) is 0. The van der Waals surface area contributed by atoms with Crippen LogP contribution >= 0.6 is 0 Å². The molecule has 0 spiro atoms. The summed E-state index contributed by atoms with van der Waals surface area (Å²) in [6.45, 7) is 6.25. The van der Waals surface area contributed by atoms with Crippen LogP contribution in [0.1, 0.15) is 51.5 Å². The van der Waals surface area contributed by atoms with Crippen LogP contribution in [0.3, 0.4) is 0 Å². The number of anilines is 1. The lowest BCUT2D eigenvalue weighted by Gasteiger charge is -2.14. The number of rotatable bonds is 7. The third kappa shape index (κ3) is 5.07. The van der Waals surface area contributed by atoms with Gasteiger partial charge in [-0.2, -0.15) is 0 Å². The van der Waals surface area contributed by atoms with Gasteiger partial charge in [0.2, 0.25) is 5.88 Å². The molecule has 0 aliphatic heterocycles. The summed E-state index contributed by atoms with van der Waals surface area (Å²) in [4.78, 5) is 4.22. The first-order valence-corrected chi connectivity index (χ1v) is 6.52. The third-order valence-electron chi connectivity index (χ3n) is 2.91. The van der Waals surface area contributed by atoms with E-state index in [0.717, 1.165) is 17.7 Å². The summed E-state index contributed by atoms with van der Waals surface area (Å²) in [5.41, 5.74) is 7.55. The first-order chi connectivity index (χ1) is 8.13. The molecule has 1 unspecified atom stereocenters. The van der Waals surface area contributed by atoms with E-state index in [2.05, 4.69) is 18.8 Å². The van der Waals surface area contributed by atoms with Crippen molar-refractivity contribution in [1.82, 2.24) is 4.98 Å². The van der Waals surface area contributed by atoms with E-state index in [4.69, 9.17) is 10.5 Å². The van der Waals surface area contributed by atoms with Gasteiger partial charge in [-0.15, -0.1) is 0 Å². The lowest BCUT2D eigenvalue weighted by Crippen LogP contribution is -2.12. The largest absolute Gasteiger partial charge is 0.475 e. The van der Waals surface area contributed by atoms with E-state index in [-0.39, 0.29) is 6.10 Å². The molecule has 0 saturated carbocycles. The topological polar surface area (TPSA) is 48.1 Å². The maximum Gasteiger partial charge on any atom is 0.215 e. The number of pyridine rings is 1. The highest BCUT2D eigenvalue weighted by atomic mass is 16.5. The van der Waals surface area contributed by atoms with Crippen molar-refractivity contribution in [3.8, 4) is 5.88 Å². The molecule has 1 aromatic heterocycles. The van der Waals surface area contributed by atoms with Gasteiger partial charge in [-0.1, -0.05) is 26.2 Å².